The fourth-order valence-electron chi connectivity index (χ4n) is 1.53. The van der Waals surface area contributed by atoms with Gasteiger partial charge in [-0.15, -0.1) is 0 Å². The topological polar surface area (TPSA) is 59.1 Å². The van der Waals surface area contributed by atoms with E-state index < -0.39 is 23.3 Å². The molecule has 0 aliphatic rings. The molecule has 0 fully saturated rings. The van der Waals surface area contributed by atoms with E-state index in [1.165, 1.54) is 12.1 Å². The lowest BCUT2D eigenvalue weighted by molar-refractivity contribution is 0.433. The molecule has 0 radical (unpaired) electrons. The maximum atomic E-state index is 13.5. The summed E-state index contributed by atoms with van der Waals surface area (Å²) >= 11 is 0. The molecule has 2 aromatic rings. The van der Waals surface area contributed by atoms with Gasteiger partial charge in [0.25, 0.3) is 0 Å². The number of rotatable bonds is 3. The lowest BCUT2D eigenvalue weighted by Crippen LogP contribution is -2.14. The maximum absolute atomic E-state index is 13.5. The zero-order valence-electron chi connectivity index (χ0n) is 9.58. The first-order valence-corrected chi connectivity index (χ1v) is 5.25. The molecule has 2 aromatic carbocycles. The quantitative estimate of drug-likeness (QED) is 0.662. The number of benzene rings is 2. The van der Waals surface area contributed by atoms with Crippen molar-refractivity contribution in [1.29, 1.82) is 5.41 Å². The van der Waals surface area contributed by atoms with E-state index in [0.29, 0.717) is 6.07 Å². The molecule has 0 aliphatic carbocycles. The molecule has 6 heteroatoms. The van der Waals surface area contributed by atoms with E-state index in [2.05, 4.69) is 0 Å². The van der Waals surface area contributed by atoms with Crippen LogP contribution in [-0.4, -0.2) is 5.84 Å². The van der Waals surface area contributed by atoms with Gasteiger partial charge in [0.2, 0.25) is 0 Å². The minimum Gasteiger partial charge on any atom is -0.453 e. The molecule has 0 spiro atoms. The number of hydrogen-bond acceptors (Lipinski definition) is 2. The number of hydrogen-bond donors (Lipinski definition) is 2. The van der Waals surface area contributed by atoms with Crippen molar-refractivity contribution in [2.75, 3.05) is 0 Å². The van der Waals surface area contributed by atoms with E-state index in [1.807, 2.05) is 0 Å². The van der Waals surface area contributed by atoms with Crippen LogP contribution in [0.5, 0.6) is 11.5 Å². The van der Waals surface area contributed by atoms with Crippen LogP contribution in [0.25, 0.3) is 0 Å². The van der Waals surface area contributed by atoms with Crippen LogP contribution >= 0.6 is 0 Å². The number of amidine groups is 1. The highest BCUT2D eigenvalue weighted by Gasteiger charge is 2.15. The Hall–Kier alpha value is -2.50. The van der Waals surface area contributed by atoms with Crippen molar-refractivity contribution in [3.8, 4) is 11.5 Å². The Balaban J connectivity index is 2.44. The molecular weight excluding hydrogens is 257 g/mol. The SMILES string of the molecule is N=C(N)c1c(F)cccc1Oc1ccc(F)cc1F. The summed E-state index contributed by atoms with van der Waals surface area (Å²) in [5.41, 5.74) is 4.97. The summed E-state index contributed by atoms with van der Waals surface area (Å²) in [7, 11) is 0. The van der Waals surface area contributed by atoms with Crippen molar-refractivity contribution < 1.29 is 17.9 Å². The fraction of sp³-hybridized carbons (Fsp3) is 0. The van der Waals surface area contributed by atoms with Crippen LogP contribution in [0.15, 0.2) is 36.4 Å². The van der Waals surface area contributed by atoms with Gasteiger partial charge in [-0.2, -0.15) is 0 Å². The van der Waals surface area contributed by atoms with Crippen LogP contribution in [0, 0.1) is 22.9 Å². The van der Waals surface area contributed by atoms with Gasteiger partial charge in [0.1, 0.15) is 23.2 Å². The summed E-state index contributed by atoms with van der Waals surface area (Å²) in [6.07, 6.45) is 0. The standard InChI is InChI=1S/C13H9F3N2O/c14-7-4-5-10(9(16)6-7)19-11-3-1-2-8(15)12(11)13(17)18/h1-6H,(H3,17,18). The lowest BCUT2D eigenvalue weighted by atomic mass is 10.1. The second-order valence-electron chi connectivity index (χ2n) is 3.70. The molecule has 0 amide bonds. The van der Waals surface area contributed by atoms with Gasteiger partial charge in [0.05, 0.1) is 5.56 Å². The Bertz CT molecular complexity index is 644. The minimum atomic E-state index is -0.932. The van der Waals surface area contributed by atoms with Gasteiger partial charge < -0.3 is 10.5 Å². The highest BCUT2D eigenvalue weighted by molar-refractivity contribution is 5.98. The summed E-state index contributed by atoms with van der Waals surface area (Å²) in [5, 5.41) is 7.27. The van der Waals surface area contributed by atoms with E-state index in [-0.39, 0.29) is 17.1 Å². The predicted octanol–water partition coefficient (Wildman–Crippen LogP) is 3.18. The van der Waals surface area contributed by atoms with Gasteiger partial charge in [-0.1, -0.05) is 6.07 Å². The van der Waals surface area contributed by atoms with E-state index >= 15 is 0 Å². The van der Waals surface area contributed by atoms with Crippen molar-refractivity contribution in [2.45, 2.75) is 0 Å². The summed E-state index contributed by atoms with van der Waals surface area (Å²) in [4.78, 5) is 0. The maximum Gasteiger partial charge on any atom is 0.168 e. The molecule has 0 saturated carbocycles. The van der Waals surface area contributed by atoms with Crippen molar-refractivity contribution in [1.82, 2.24) is 0 Å². The molecule has 0 aliphatic heterocycles. The average molecular weight is 266 g/mol. The zero-order valence-corrected chi connectivity index (χ0v) is 9.58. The molecule has 19 heavy (non-hydrogen) atoms. The summed E-state index contributed by atoms with van der Waals surface area (Å²) in [6.45, 7) is 0. The monoisotopic (exact) mass is 266 g/mol. The number of nitrogen functional groups attached to an aromatic ring is 1. The van der Waals surface area contributed by atoms with Crippen LogP contribution in [-0.2, 0) is 0 Å². The number of nitrogens with one attached hydrogen (secondary N) is 1. The van der Waals surface area contributed by atoms with Gasteiger partial charge in [0.15, 0.2) is 11.6 Å². The van der Waals surface area contributed by atoms with E-state index in [1.54, 1.807) is 0 Å². The first kappa shape index (κ1) is 12.9. The van der Waals surface area contributed by atoms with E-state index in [4.69, 9.17) is 15.9 Å². The van der Waals surface area contributed by atoms with Crippen LogP contribution in [0.2, 0.25) is 0 Å². The number of ether oxygens (including phenoxy) is 1. The van der Waals surface area contributed by atoms with Crippen molar-refractivity contribution in [3.05, 3.63) is 59.4 Å². The molecule has 3 nitrogen and oxygen atoms in total. The van der Waals surface area contributed by atoms with Crippen molar-refractivity contribution >= 4 is 5.84 Å². The van der Waals surface area contributed by atoms with E-state index in [9.17, 15) is 13.2 Å². The van der Waals surface area contributed by atoms with E-state index in [0.717, 1.165) is 18.2 Å². The van der Waals surface area contributed by atoms with Gasteiger partial charge in [-0.25, -0.2) is 13.2 Å². The van der Waals surface area contributed by atoms with Crippen LogP contribution < -0.4 is 10.5 Å². The second-order valence-corrected chi connectivity index (χ2v) is 3.70. The Morgan fingerprint density at radius 1 is 1.00 bits per heavy atom. The Labute approximate surface area is 106 Å². The molecule has 3 N–H and O–H groups in total. The third-order valence-electron chi connectivity index (χ3n) is 2.36. The second kappa shape index (κ2) is 5.01. The molecule has 98 valence electrons. The molecule has 0 heterocycles. The zero-order chi connectivity index (χ0) is 14.0. The van der Waals surface area contributed by atoms with Gasteiger partial charge in [-0.3, -0.25) is 5.41 Å². The number of nitrogens with two attached hydrogens (primary N) is 1. The van der Waals surface area contributed by atoms with Crippen LogP contribution in [0.1, 0.15) is 5.56 Å². The smallest absolute Gasteiger partial charge is 0.168 e. The fourth-order valence-corrected chi connectivity index (χ4v) is 1.53. The molecule has 0 saturated heterocycles. The first-order chi connectivity index (χ1) is 8.99. The van der Waals surface area contributed by atoms with Crippen LogP contribution in [0.4, 0.5) is 13.2 Å². The summed E-state index contributed by atoms with van der Waals surface area (Å²) in [6, 6.07) is 6.48. The average Bonchev–Trinajstić information content (AvgIpc) is 2.32. The highest BCUT2D eigenvalue weighted by Crippen LogP contribution is 2.29. The Morgan fingerprint density at radius 2 is 1.74 bits per heavy atom. The number of halogens is 3. The van der Waals surface area contributed by atoms with Gasteiger partial charge >= 0.3 is 0 Å². The molecule has 0 unspecified atom stereocenters. The van der Waals surface area contributed by atoms with Crippen LogP contribution in [0.3, 0.4) is 0 Å². The summed E-state index contributed by atoms with van der Waals surface area (Å²) < 4.78 is 44.8. The first-order valence-electron chi connectivity index (χ1n) is 5.25. The molecule has 2 rings (SSSR count). The molecule has 0 aromatic heterocycles. The third kappa shape index (κ3) is 2.67. The predicted molar refractivity (Wildman–Crippen MR) is 63.8 cm³/mol. The van der Waals surface area contributed by atoms with Crippen molar-refractivity contribution in [2.24, 2.45) is 5.73 Å². The molecular formula is C13H9F3N2O. The highest BCUT2D eigenvalue weighted by atomic mass is 19.1. The minimum absolute atomic E-state index is 0.113. The Morgan fingerprint density at radius 3 is 2.37 bits per heavy atom. The molecule has 0 atom stereocenters. The third-order valence-corrected chi connectivity index (χ3v) is 2.36. The van der Waals surface area contributed by atoms with Gasteiger partial charge in [-0.05, 0) is 24.3 Å². The van der Waals surface area contributed by atoms with Crippen molar-refractivity contribution in [3.63, 3.8) is 0 Å². The molecule has 0 bridgehead atoms. The Kier molecular flexibility index (Phi) is 3.41. The lowest BCUT2D eigenvalue weighted by Gasteiger charge is -2.11. The van der Waals surface area contributed by atoms with Gasteiger partial charge in [0, 0.05) is 6.07 Å². The normalized spacial score (nSPS) is 10.3. The summed E-state index contributed by atoms with van der Waals surface area (Å²) in [5.74, 6) is -3.38. The largest absolute Gasteiger partial charge is 0.453 e.